The van der Waals surface area contributed by atoms with E-state index in [-0.39, 0.29) is 11.2 Å². The van der Waals surface area contributed by atoms with Gasteiger partial charge in [-0.25, -0.2) is 0 Å². The topological polar surface area (TPSA) is 39.4 Å². The Morgan fingerprint density at radius 2 is 1.80 bits per heavy atom. The summed E-state index contributed by atoms with van der Waals surface area (Å²) in [6.45, 7) is 0.439. The quantitative estimate of drug-likeness (QED) is 0.783. The molecule has 0 atom stereocenters. The van der Waals surface area contributed by atoms with Gasteiger partial charge in [-0.1, -0.05) is 0 Å². The first-order valence-electron chi connectivity index (χ1n) is 7.81. The molecule has 1 heterocycles. The number of carbonyl (C=O) groups excluding carboxylic acids is 1. The third-order valence-corrected chi connectivity index (χ3v) is 5.69. The van der Waals surface area contributed by atoms with E-state index in [1.165, 1.54) is 19.3 Å². The van der Waals surface area contributed by atoms with Gasteiger partial charge < -0.3 is 9.15 Å². The number of hydrogen-bond donors (Lipinski definition) is 0. The molecule has 4 aliphatic carbocycles. The summed E-state index contributed by atoms with van der Waals surface area (Å²) in [5.41, 5.74) is -0.100. The van der Waals surface area contributed by atoms with Crippen molar-refractivity contribution >= 4 is 5.78 Å². The summed E-state index contributed by atoms with van der Waals surface area (Å²) in [6, 6.07) is 3.71. The van der Waals surface area contributed by atoms with Gasteiger partial charge in [0.05, 0.1) is 0 Å². The van der Waals surface area contributed by atoms with E-state index in [1.54, 1.807) is 7.11 Å². The highest BCUT2D eigenvalue weighted by molar-refractivity contribution is 5.98. The smallest absolute Gasteiger partial charge is 0.204 e. The first kappa shape index (κ1) is 12.6. The maximum atomic E-state index is 13.0. The molecular weight excluding hydrogens is 252 g/mol. The second-order valence-electron chi connectivity index (χ2n) is 7.23. The summed E-state index contributed by atoms with van der Waals surface area (Å²) in [4.78, 5) is 13.0. The van der Waals surface area contributed by atoms with Crippen LogP contribution in [-0.2, 0) is 11.3 Å². The maximum Gasteiger partial charge on any atom is 0.204 e. The minimum atomic E-state index is -0.100. The van der Waals surface area contributed by atoms with E-state index in [4.69, 9.17) is 9.15 Å². The zero-order valence-corrected chi connectivity index (χ0v) is 12.1. The number of carbonyl (C=O) groups is 1. The van der Waals surface area contributed by atoms with E-state index >= 15 is 0 Å². The Kier molecular flexibility index (Phi) is 2.81. The minimum absolute atomic E-state index is 0.100. The molecule has 1 aromatic heterocycles. The van der Waals surface area contributed by atoms with Gasteiger partial charge >= 0.3 is 0 Å². The van der Waals surface area contributed by atoms with Crippen molar-refractivity contribution < 1.29 is 13.9 Å². The van der Waals surface area contributed by atoms with Gasteiger partial charge in [-0.05, 0) is 68.4 Å². The Morgan fingerprint density at radius 3 is 2.35 bits per heavy atom. The zero-order chi connectivity index (χ0) is 13.7. The predicted octanol–water partition coefficient (Wildman–Crippen LogP) is 3.83. The van der Waals surface area contributed by atoms with Gasteiger partial charge in [0.15, 0.2) is 5.76 Å². The molecule has 4 saturated carbocycles. The maximum absolute atomic E-state index is 13.0. The second kappa shape index (κ2) is 4.45. The fourth-order valence-corrected chi connectivity index (χ4v) is 5.37. The van der Waals surface area contributed by atoms with Crippen molar-refractivity contribution in [3.8, 4) is 0 Å². The summed E-state index contributed by atoms with van der Waals surface area (Å²) in [6.07, 6.45) is 7.37. The molecule has 4 aliphatic rings. The van der Waals surface area contributed by atoms with E-state index < -0.39 is 0 Å². The van der Waals surface area contributed by atoms with Crippen molar-refractivity contribution in [1.29, 1.82) is 0 Å². The largest absolute Gasteiger partial charge is 0.455 e. The van der Waals surface area contributed by atoms with Crippen molar-refractivity contribution in [2.45, 2.75) is 45.1 Å². The highest BCUT2D eigenvalue weighted by Gasteiger charge is 2.55. The van der Waals surface area contributed by atoms with E-state index in [0.29, 0.717) is 12.4 Å². The average Bonchev–Trinajstić information content (AvgIpc) is 2.85. The van der Waals surface area contributed by atoms with E-state index in [2.05, 4.69) is 0 Å². The molecule has 0 spiro atoms. The number of ether oxygens (including phenoxy) is 1. The molecule has 0 radical (unpaired) electrons. The Bertz CT molecular complexity index is 493. The lowest BCUT2D eigenvalue weighted by atomic mass is 9.48. The van der Waals surface area contributed by atoms with Gasteiger partial charge in [-0.15, -0.1) is 0 Å². The van der Waals surface area contributed by atoms with Crippen molar-refractivity contribution in [2.75, 3.05) is 7.11 Å². The van der Waals surface area contributed by atoms with Gasteiger partial charge in [0.25, 0.3) is 0 Å². The van der Waals surface area contributed by atoms with Gasteiger partial charge in [-0.2, -0.15) is 0 Å². The van der Waals surface area contributed by atoms with Crippen molar-refractivity contribution in [1.82, 2.24) is 0 Å². The molecule has 0 saturated heterocycles. The predicted molar refractivity (Wildman–Crippen MR) is 74.4 cm³/mol. The molecule has 5 rings (SSSR count). The van der Waals surface area contributed by atoms with Crippen LogP contribution in [0.1, 0.15) is 54.8 Å². The normalized spacial score (nSPS) is 38.4. The Hall–Kier alpha value is -1.09. The average molecular weight is 274 g/mol. The van der Waals surface area contributed by atoms with Crippen LogP contribution in [0.5, 0.6) is 0 Å². The zero-order valence-electron chi connectivity index (χ0n) is 12.1. The van der Waals surface area contributed by atoms with E-state index in [1.807, 2.05) is 12.1 Å². The van der Waals surface area contributed by atoms with Gasteiger partial charge in [0, 0.05) is 12.5 Å². The minimum Gasteiger partial charge on any atom is -0.455 e. The van der Waals surface area contributed by atoms with Crippen LogP contribution in [0.3, 0.4) is 0 Å². The highest BCUT2D eigenvalue weighted by Crippen LogP contribution is 2.60. The van der Waals surface area contributed by atoms with Crippen LogP contribution >= 0.6 is 0 Å². The fourth-order valence-electron chi connectivity index (χ4n) is 5.37. The molecule has 0 N–H and O–H groups in total. The first-order chi connectivity index (χ1) is 9.68. The first-order valence-corrected chi connectivity index (χ1v) is 7.81. The fraction of sp³-hybridized carbons (Fsp3) is 0.706. The molecule has 1 aromatic rings. The number of ketones is 1. The summed E-state index contributed by atoms with van der Waals surface area (Å²) in [5, 5.41) is 0. The molecule has 108 valence electrons. The van der Waals surface area contributed by atoms with Crippen LogP contribution in [0.2, 0.25) is 0 Å². The lowest BCUT2D eigenvalue weighted by molar-refractivity contribution is -0.0366. The standard InChI is InChI=1S/C17H22O3/c1-19-10-14-2-3-15(20-14)16(18)17-7-11-4-12(8-17)6-13(5-11)9-17/h2-3,11-13H,4-10H2,1H3. The van der Waals surface area contributed by atoms with Crippen molar-refractivity contribution in [2.24, 2.45) is 23.2 Å². The number of Topliss-reactive ketones (excluding diaryl/α,β-unsaturated/α-hetero) is 1. The van der Waals surface area contributed by atoms with Crippen LogP contribution in [0.15, 0.2) is 16.5 Å². The molecule has 3 heteroatoms. The molecule has 20 heavy (non-hydrogen) atoms. The van der Waals surface area contributed by atoms with Crippen LogP contribution in [0, 0.1) is 23.2 Å². The molecule has 4 bridgehead atoms. The number of furan rings is 1. The third-order valence-electron chi connectivity index (χ3n) is 5.69. The van der Waals surface area contributed by atoms with Crippen LogP contribution in [-0.4, -0.2) is 12.9 Å². The Labute approximate surface area is 119 Å². The summed E-state index contributed by atoms with van der Waals surface area (Å²) in [7, 11) is 1.64. The highest BCUT2D eigenvalue weighted by atomic mass is 16.5. The number of rotatable bonds is 4. The second-order valence-corrected chi connectivity index (χ2v) is 7.23. The third kappa shape index (κ3) is 1.86. The Balaban J connectivity index is 1.61. The SMILES string of the molecule is COCc1ccc(C(=O)C23CC4CC(CC(C4)C2)C3)o1. The molecule has 3 nitrogen and oxygen atoms in total. The van der Waals surface area contributed by atoms with Crippen LogP contribution in [0.4, 0.5) is 0 Å². The molecule has 0 aliphatic heterocycles. The lowest BCUT2D eigenvalue weighted by Gasteiger charge is -2.55. The lowest BCUT2D eigenvalue weighted by Crippen LogP contribution is -2.49. The van der Waals surface area contributed by atoms with Crippen molar-refractivity contribution in [3.05, 3.63) is 23.7 Å². The van der Waals surface area contributed by atoms with Gasteiger partial charge in [0.1, 0.15) is 12.4 Å². The number of methoxy groups -OCH3 is 1. The molecule has 0 amide bonds. The van der Waals surface area contributed by atoms with E-state index in [9.17, 15) is 4.79 Å². The molecule has 0 unspecified atom stereocenters. The molecular formula is C17H22O3. The van der Waals surface area contributed by atoms with Gasteiger partial charge in [-0.3, -0.25) is 4.79 Å². The van der Waals surface area contributed by atoms with Crippen LogP contribution < -0.4 is 0 Å². The monoisotopic (exact) mass is 274 g/mol. The molecule has 4 fully saturated rings. The van der Waals surface area contributed by atoms with Crippen molar-refractivity contribution in [3.63, 3.8) is 0 Å². The summed E-state index contributed by atoms with van der Waals surface area (Å²) in [5.74, 6) is 3.94. The number of hydrogen-bond acceptors (Lipinski definition) is 3. The van der Waals surface area contributed by atoms with Crippen LogP contribution in [0.25, 0.3) is 0 Å². The summed E-state index contributed by atoms with van der Waals surface area (Å²) < 4.78 is 10.8. The molecule has 0 aromatic carbocycles. The van der Waals surface area contributed by atoms with Gasteiger partial charge in [0.2, 0.25) is 5.78 Å². The van der Waals surface area contributed by atoms with E-state index in [0.717, 1.165) is 42.8 Å². The summed E-state index contributed by atoms with van der Waals surface area (Å²) >= 11 is 0. The Morgan fingerprint density at radius 1 is 1.20 bits per heavy atom.